The summed E-state index contributed by atoms with van der Waals surface area (Å²) in [4.78, 5) is 10.3. The van der Waals surface area contributed by atoms with Crippen molar-refractivity contribution in [2.24, 2.45) is 5.73 Å². The minimum atomic E-state index is -0.402. The summed E-state index contributed by atoms with van der Waals surface area (Å²) in [7, 11) is 0. The Bertz CT molecular complexity index is 483. The van der Waals surface area contributed by atoms with Gasteiger partial charge in [0.25, 0.3) is 5.69 Å². The van der Waals surface area contributed by atoms with Crippen molar-refractivity contribution in [3.8, 4) is 5.75 Å². The van der Waals surface area contributed by atoms with Crippen LogP contribution < -0.4 is 10.5 Å². The Morgan fingerprint density at radius 3 is 2.82 bits per heavy atom. The number of hydrogen-bond acceptors (Lipinski definition) is 4. The fourth-order valence-corrected chi connectivity index (χ4v) is 2.70. The monoisotopic (exact) mass is 234 g/mol. The molecule has 1 heterocycles. The van der Waals surface area contributed by atoms with Gasteiger partial charge < -0.3 is 10.5 Å². The van der Waals surface area contributed by atoms with Gasteiger partial charge in [-0.05, 0) is 25.3 Å². The molecule has 90 valence electrons. The summed E-state index contributed by atoms with van der Waals surface area (Å²) in [5.41, 5.74) is 6.84. The van der Waals surface area contributed by atoms with Gasteiger partial charge in [-0.25, -0.2) is 0 Å². The molecule has 1 aromatic rings. The van der Waals surface area contributed by atoms with Crippen molar-refractivity contribution in [3.63, 3.8) is 0 Å². The summed E-state index contributed by atoms with van der Waals surface area (Å²) in [5.74, 6) is 0.717. The molecule has 1 aliphatic carbocycles. The predicted octanol–water partition coefficient (Wildman–Crippen LogP) is 2.30. The van der Waals surface area contributed by atoms with Crippen molar-refractivity contribution in [1.29, 1.82) is 0 Å². The van der Waals surface area contributed by atoms with E-state index in [1.807, 2.05) is 0 Å². The maximum absolute atomic E-state index is 10.7. The summed E-state index contributed by atoms with van der Waals surface area (Å²) in [6, 6.07) is 4.53. The largest absolute Gasteiger partial charge is 0.487 e. The van der Waals surface area contributed by atoms with Crippen molar-refractivity contribution >= 4 is 5.69 Å². The van der Waals surface area contributed by atoms with Crippen LogP contribution in [0.2, 0.25) is 0 Å². The highest BCUT2D eigenvalue weighted by molar-refractivity contribution is 5.47. The molecule has 1 fully saturated rings. The molecule has 2 aliphatic rings. The lowest BCUT2D eigenvalue weighted by molar-refractivity contribution is -0.385. The number of nitrogens with zero attached hydrogens (tertiary/aromatic N) is 1. The second-order valence-corrected chi connectivity index (χ2v) is 4.93. The first-order chi connectivity index (χ1) is 8.10. The highest BCUT2D eigenvalue weighted by Gasteiger charge is 2.44. The minimum Gasteiger partial charge on any atom is -0.487 e. The molecule has 0 saturated heterocycles. The standard InChI is InChI=1S/C12H14N2O3/c13-10-7-12(4-1-5-12)17-11-3-2-8(14(15)16)6-9(10)11/h2-3,6,10H,1,4-5,7,13H2. The number of non-ortho nitro benzene ring substituents is 1. The van der Waals surface area contributed by atoms with E-state index in [4.69, 9.17) is 10.5 Å². The molecule has 5 heteroatoms. The third-order valence-electron chi connectivity index (χ3n) is 3.79. The molecule has 0 aromatic heterocycles. The van der Waals surface area contributed by atoms with Crippen molar-refractivity contribution in [2.45, 2.75) is 37.3 Å². The molecule has 0 radical (unpaired) electrons. The zero-order valence-corrected chi connectivity index (χ0v) is 9.39. The van der Waals surface area contributed by atoms with Crippen LogP contribution >= 0.6 is 0 Å². The Kier molecular flexibility index (Phi) is 2.13. The summed E-state index contributed by atoms with van der Waals surface area (Å²) < 4.78 is 5.96. The summed E-state index contributed by atoms with van der Waals surface area (Å²) in [6.07, 6.45) is 4.02. The molecule has 1 atom stereocenters. The normalized spacial score (nSPS) is 24.6. The maximum atomic E-state index is 10.7. The number of hydrogen-bond donors (Lipinski definition) is 1. The van der Waals surface area contributed by atoms with E-state index in [0.717, 1.165) is 24.8 Å². The lowest BCUT2D eigenvalue weighted by atomic mass is 9.73. The molecular formula is C12H14N2O3. The first-order valence-electron chi connectivity index (χ1n) is 5.83. The number of fused-ring (bicyclic) bond motifs is 1. The first-order valence-corrected chi connectivity index (χ1v) is 5.83. The molecule has 1 aromatic carbocycles. The number of rotatable bonds is 1. The van der Waals surface area contributed by atoms with Crippen molar-refractivity contribution in [2.75, 3.05) is 0 Å². The molecule has 3 rings (SSSR count). The van der Waals surface area contributed by atoms with Crippen LogP contribution in [-0.2, 0) is 0 Å². The Balaban J connectivity index is 1.99. The van der Waals surface area contributed by atoms with Crippen LogP contribution in [0.4, 0.5) is 5.69 Å². The van der Waals surface area contributed by atoms with Gasteiger partial charge in [0.05, 0.1) is 4.92 Å². The number of nitrogens with two attached hydrogens (primary N) is 1. The van der Waals surface area contributed by atoms with Gasteiger partial charge in [0.2, 0.25) is 0 Å². The SMILES string of the molecule is NC1CC2(CCC2)Oc2ccc([N+](=O)[O-])cc21. The van der Waals surface area contributed by atoms with Gasteiger partial charge >= 0.3 is 0 Å². The van der Waals surface area contributed by atoms with Gasteiger partial charge in [0.15, 0.2) is 0 Å². The van der Waals surface area contributed by atoms with Crippen molar-refractivity contribution < 1.29 is 9.66 Å². The first kappa shape index (κ1) is 10.5. The van der Waals surface area contributed by atoms with Crippen LogP contribution in [0, 0.1) is 10.1 Å². The average molecular weight is 234 g/mol. The number of nitro groups is 1. The topological polar surface area (TPSA) is 78.4 Å². The van der Waals surface area contributed by atoms with E-state index in [2.05, 4.69) is 0 Å². The van der Waals surface area contributed by atoms with E-state index in [9.17, 15) is 10.1 Å². The van der Waals surface area contributed by atoms with E-state index in [1.165, 1.54) is 18.6 Å². The Morgan fingerprint density at radius 1 is 1.47 bits per heavy atom. The second-order valence-electron chi connectivity index (χ2n) is 4.93. The number of ether oxygens (including phenoxy) is 1. The smallest absolute Gasteiger partial charge is 0.270 e. The van der Waals surface area contributed by atoms with E-state index >= 15 is 0 Å². The van der Waals surface area contributed by atoms with Crippen LogP contribution in [0.15, 0.2) is 18.2 Å². The van der Waals surface area contributed by atoms with Crippen LogP contribution in [0.1, 0.15) is 37.3 Å². The van der Waals surface area contributed by atoms with Crippen LogP contribution in [0.5, 0.6) is 5.75 Å². The van der Waals surface area contributed by atoms with Gasteiger partial charge in [-0.1, -0.05) is 0 Å². The van der Waals surface area contributed by atoms with E-state index in [0.29, 0.717) is 5.75 Å². The second kappa shape index (κ2) is 3.43. The molecule has 5 nitrogen and oxygen atoms in total. The zero-order chi connectivity index (χ0) is 12.0. The third-order valence-corrected chi connectivity index (χ3v) is 3.79. The highest BCUT2D eigenvalue weighted by atomic mass is 16.6. The molecule has 2 N–H and O–H groups in total. The van der Waals surface area contributed by atoms with Gasteiger partial charge in [-0.2, -0.15) is 0 Å². The van der Waals surface area contributed by atoms with Gasteiger partial charge in [0, 0.05) is 30.2 Å². The molecule has 1 spiro atoms. The third kappa shape index (κ3) is 1.58. The van der Waals surface area contributed by atoms with E-state index in [1.54, 1.807) is 6.07 Å². The molecule has 0 amide bonds. The Labute approximate surface area is 98.7 Å². The van der Waals surface area contributed by atoms with E-state index < -0.39 is 4.92 Å². The van der Waals surface area contributed by atoms with Crippen molar-refractivity contribution in [3.05, 3.63) is 33.9 Å². The highest BCUT2D eigenvalue weighted by Crippen LogP contribution is 2.48. The number of benzene rings is 1. The zero-order valence-electron chi connectivity index (χ0n) is 9.39. The van der Waals surface area contributed by atoms with Crippen LogP contribution in [-0.4, -0.2) is 10.5 Å². The molecule has 1 saturated carbocycles. The molecule has 1 aliphatic heterocycles. The lowest BCUT2D eigenvalue weighted by Gasteiger charge is -2.47. The molecular weight excluding hydrogens is 220 g/mol. The summed E-state index contributed by atoms with van der Waals surface area (Å²) >= 11 is 0. The lowest BCUT2D eigenvalue weighted by Crippen LogP contribution is -2.48. The van der Waals surface area contributed by atoms with Gasteiger partial charge in [-0.3, -0.25) is 10.1 Å². The van der Waals surface area contributed by atoms with E-state index in [-0.39, 0.29) is 17.3 Å². The maximum Gasteiger partial charge on any atom is 0.270 e. The van der Waals surface area contributed by atoms with Crippen LogP contribution in [0.25, 0.3) is 0 Å². The van der Waals surface area contributed by atoms with Crippen molar-refractivity contribution in [1.82, 2.24) is 0 Å². The van der Waals surface area contributed by atoms with Crippen LogP contribution in [0.3, 0.4) is 0 Å². The van der Waals surface area contributed by atoms with Gasteiger partial charge in [0.1, 0.15) is 11.4 Å². The fourth-order valence-electron chi connectivity index (χ4n) is 2.70. The molecule has 0 bridgehead atoms. The molecule has 1 unspecified atom stereocenters. The summed E-state index contributed by atoms with van der Waals surface area (Å²) in [5, 5.41) is 10.7. The predicted molar refractivity (Wildman–Crippen MR) is 61.9 cm³/mol. The average Bonchev–Trinajstić information content (AvgIpc) is 2.26. The summed E-state index contributed by atoms with van der Waals surface area (Å²) in [6.45, 7) is 0. The Morgan fingerprint density at radius 2 is 2.24 bits per heavy atom. The fraction of sp³-hybridized carbons (Fsp3) is 0.500. The quantitative estimate of drug-likeness (QED) is 0.597. The number of nitro benzene ring substituents is 1. The molecule has 17 heavy (non-hydrogen) atoms. The minimum absolute atomic E-state index is 0.0763. The Hall–Kier alpha value is -1.62. The van der Waals surface area contributed by atoms with Gasteiger partial charge in [-0.15, -0.1) is 0 Å².